The highest BCUT2D eigenvalue weighted by atomic mass is 32.2. The molecule has 0 radical (unpaired) electrons. The Balaban J connectivity index is 1.36. The van der Waals surface area contributed by atoms with Crippen LogP contribution in [-0.2, 0) is 16.4 Å². The molecule has 0 amide bonds. The average Bonchev–Trinajstić information content (AvgIpc) is 3.72. The lowest BCUT2D eigenvalue weighted by molar-refractivity contribution is 0.313. The number of nitrogens with zero attached hydrogens (tertiary/aromatic N) is 5. The summed E-state index contributed by atoms with van der Waals surface area (Å²) >= 11 is 1.19. The third-order valence-corrected chi connectivity index (χ3v) is 11.9. The number of hydrogen-bond acceptors (Lipinski definition) is 9. The Labute approximate surface area is 250 Å². The molecule has 3 aromatic heterocycles. The second kappa shape index (κ2) is 11.3. The molecular weight excluding hydrogens is 569 g/mol. The maximum atomic E-state index is 13.9. The molecule has 1 saturated carbocycles. The molecule has 4 aromatic rings. The minimum absolute atomic E-state index is 0.0854. The minimum Gasteiger partial charge on any atom is -0.369 e. The first-order valence-electron chi connectivity index (χ1n) is 14.3. The summed E-state index contributed by atoms with van der Waals surface area (Å²) in [7, 11) is -1.37. The predicted molar refractivity (Wildman–Crippen MR) is 171 cm³/mol. The van der Waals surface area contributed by atoms with Crippen molar-refractivity contribution in [1.82, 2.24) is 19.4 Å². The average molecular weight is 605 g/mol. The summed E-state index contributed by atoms with van der Waals surface area (Å²) in [5.41, 5.74) is 4.17. The first-order chi connectivity index (χ1) is 20.1. The second-order valence-corrected chi connectivity index (χ2v) is 15.1. The molecule has 6 rings (SSSR count). The van der Waals surface area contributed by atoms with E-state index in [0.29, 0.717) is 34.0 Å². The standard InChI is InChI=1S/C31H36N6O3S2/c1-20(2)42(39,40)30-23(11-16-41-30)19-37-28-24(17-27(29(37)38)21(3)22-5-6-22)18-32-31(34-28)33-25-7-9-26(10-8-25)36-14-12-35(4)13-15-36/h7-11,16-18,20,22H,3,5-6,12-15,19H2,1-2,4H3,(H,32,33,34). The van der Waals surface area contributed by atoms with Gasteiger partial charge < -0.3 is 15.1 Å². The molecule has 0 atom stereocenters. The first kappa shape index (κ1) is 28.6. The Morgan fingerprint density at radius 3 is 2.50 bits per heavy atom. The summed E-state index contributed by atoms with van der Waals surface area (Å²) in [5, 5.41) is 5.18. The first-order valence-corrected chi connectivity index (χ1v) is 16.7. The van der Waals surface area contributed by atoms with Crippen LogP contribution >= 0.6 is 11.3 Å². The van der Waals surface area contributed by atoms with Crippen LogP contribution in [0.5, 0.6) is 0 Å². The fourth-order valence-corrected chi connectivity index (χ4v) is 8.12. The molecule has 2 aliphatic rings. The van der Waals surface area contributed by atoms with Crippen molar-refractivity contribution in [3.63, 3.8) is 0 Å². The van der Waals surface area contributed by atoms with Crippen molar-refractivity contribution in [2.75, 3.05) is 43.4 Å². The Morgan fingerprint density at radius 2 is 1.83 bits per heavy atom. The lowest BCUT2D eigenvalue weighted by Crippen LogP contribution is -2.44. The van der Waals surface area contributed by atoms with Crippen LogP contribution in [0.25, 0.3) is 16.6 Å². The lowest BCUT2D eigenvalue weighted by Gasteiger charge is -2.34. The second-order valence-electron chi connectivity index (χ2n) is 11.5. The molecule has 1 saturated heterocycles. The molecule has 0 bridgehead atoms. The molecule has 1 aliphatic carbocycles. The van der Waals surface area contributed by atoms with Crippen LogP contribution in [0.1, 0.15) is 37.8 Å². The normalized spacial score (nSPS) is 16.3. The van der Waals surface area contributed by atoms with Crippen molar-refractivity contribution in [2.45, 2.75) is 42.7 Å². The number of anilines is 3. The summed E-state index contributed by atoms with van der Waals surface area (Å²) < 4.78 is 28.0. The van der Waals surface area contributed by atoms with Gasteiger partial charge in [0.25, 0.3) is 5.56 Å². The van der Waals surface area contributed by atoms with Crippen molar-refractivity contribution >= 4 is 55.1 Å². The zero-order valence-corrected chi connectivity index (χ0v) is 25.8. The molecule has 1 N–H and O–H groups in total. The highest BCUT2D eigenvalue weighted by molar-refractivity contribution is 7.94. The molecule has 9 nitrogen and oxygen atoms in total. The molecule has 42 heavy (non-hydrogen) atoms. The van der Waals surface area contributed by atoms with E-state index >= 15 is 0 Å². The van der Waals surface area contributed by atoms with Crippen molar-refractivity contribution < 1.29 is 8.42 Å². The number of nitrogens with one attached hydrogen (secondary N) is 1. The van der Waals surface area contributed by atoms with E-state index in [4.69, 9.17) is 4.98 Å². The Bertz CT molecular complexity index is 1800. The van der Waals surface area contributed by atoms with E-state index < -0.39 is 15.1 Å². The van der Waals surface area contributed by atoms with E-state index in [2.05, 4.69) is 45.9 Å². The van der Waals surface area contributed by atoms with Crippen molar-refractivity contribution in [3.05, 3.63) is 76.0 Å². The number of fused-ring (bicyclic) bond motifs is 1. The van der Waals surface area contributed by atoms with Crippen molar-refractivity contribution in [3.8, 4) is 0 Å². The van der Waals surface area contributed by atoms with Crippen LogP contribution in [0.3, 0.4) is 0 Å². The predicted octanol–water partition coefficient (Wildman–Crippen LogP) is 5.00. The number of piperazine rings is 1. The van der Waals surface area contributed by atoms with Gasteiger partial charge in [0, 0.05) is 60.3 Å². The highest BCUT2D eigenvalue weighted by Gasteiger charge is 2.29. The van der Waals surface area contributed by atoms with E-state index in [-0.39, 0.29) is 16.3 Å². The van der Waals surface area contributed by atoms with E-state index in [1.54, 1.807) is 36.1 Å². The summed E-state index contributed by atoms with van der Waals surface area (Å²) in [6.45, 7) is 11.7. The molecular formula is C31H36N6O3S2. The number of thiophene rings is 1. The van der Waals surface area contributed by atoms with Crippen molar-refractivity contribution in [2.24, 2.45) is 5.92 Å². The summed E-state index contributed by atoms with van der Waals surface area (Å²) in [6, 6.07) is 11.8. The number of likely N-dealkylation sites (N-methyl/N-ethyl adjacent to an activating group) is 1. The Kier molecular flexibility index (Phi) is 7.67. The number of sulfone groups is 1. The van der Waals surface area contributed by atoms with Crippen LogP contribution < -0.4 is 15.8 Å². The van der Waals surface area contributed by atoms with E-state index in [1.165, 1.54) is 17.0 Å². The fraction of sp³-hybridized carbons (Fsp3) is 0.387. The largest absolute Gasteiger partial charge is 0.369 e. The van der Waals surface area contributed by atoms with Gasteiger partial charge in [-0.15, -0.1) is 11.3 Å². The SMILES string of the molecule is C=C(c1cc2cnc(Nc3ccc(N4CCN(C)CC4)cc3)nc2n(Cc2ccsc2S(=O)(=O)C(C)C)c1=O)C1CC1. The highest BCUT2D eigenvalue weighted by Crippen LogP contribution is 2.40. The number of hydrogen-bond donors (Lipinski definition) is 1. The van der Waals surface area contributed by atoms with Gasteiger partial charge in [-0.2, -0.15) is 4.98 Å². The molecule has 2 fully saturated rings. The topological polar surface area (TPSA) is 100 Å². The van der Waals surface area contributed by atoms with Gasteiger partial charge in [0.1, 0.15) is 9.86 Å². The zero-order valence-electron chi connectivity index (χ0n) is 24.2. The monoisotopic (exact) mass is 604 g/mol. The summed E-state index contributed by atoms with van der Waals surface area (Å²) in [6.07, 6.45) is 3.75. The zero-order chi connectivity index (χ0) is 29.6. The Morgan fingerprint density at radius 1 is 1.12 bits per heavy atom. The maximum Gasteiger partial charge on any atom is 0.260 e. The number of aromatic nitrogens is 3. The molecule has 0 unspecified atom stereocenters. The van der Waals surface area contributed by atoms with Gasteiger partial charge in [-0.1, -0.05) is 6.58 Å². The summed E-state index contributed by atoms with van der Waals surface area (Å²) in [4.78, 5) is 28.0. The third-order valence-electron chi connectivity index (χ3n) is 8.15. The lowest BCUT2D eigenvalue weighted by atomic mass is 10.0. The smallest absolute Gasteiger partial charge is 0.260 e. The van der Waals surface area contributed by atoms with Gasteiger partial charge in [0.15, 0.2) is 9.84 Å². The van der Waals surface area contributed by atoms with Crippen molar-refractivity contribution in [1.29, 1.82) is 0 Å². The molecule has 220 valence electrons. The van der Waals surface area contributed by atoms with Crippen LogP contribution in [-0.4, -0.2) is 66.3 Å². The number of benzene rings is 1. The van der Waals surface area contributed by atoms with Crippen LogP contribution in [0.2, 0.25) is 0 Å². The molecule has 1 aliphatic heterocycles. The van der Waals surface area contributed by atoms with E-state index in [1.807, 2.05) is 18.2 Å². The molecule has 11 heteroatoms. The number of allylic oxidation sites excluding steroid dienone is 1. The van der Waals surface area contributed by atoms with E-state index in [9.17, 15) is 13.2 Å². The van der Waals surface area contributed by atoms with Gasteiger partial charge in [-0.05, 0) is 87.0 Å². The van der Waals surface area contributed by atoms with Crippen LogP contribution in [0.4, 0.5) is 17.3 Å². The molecule has 1 aromatic carbocycles. The summed E-state index contributed by atoms with van der Waals surface area (Å²) in [5.74, 6) is 0.661. The number of rotatable bonds is 9. The number of pyridine rings is 1. The van der Waals surface area contributed by atoms with Crippen LogP contribution in [0, 0.1) is 5.92 Å². The van der Waals surface area contributed by atoms with Gasteiger partial charge in [0.2, 0.25) is 5.95 Å². The van der Waals surface area contributed by atoms with E-state index in [0.717, 1.165) is 50.3 Å². The molecule has 4 heterocycles. The van der Waals surface area contributed by atoms with Gasteiger partial charge in [-0.3, -0.25) is 9.36 Å². The Hall–Kier alpha value is -3.54. The maximum absolute atomic E-state index is 13.9. The molecule has 0 spiro atoms. The fourth-order valence-electron chi connectivity index (χ4n) is 5.27. The van der Waals surface area contributed by atoms with Gasteiger partial charge in [0.05, 0.1) is 11.8 Å². The van der Waals surface area contributed by atoms with Gasteiger partial charge >= 0.3 is 0 Å². The third kappa shape index (κ3) is 5.60. The quantitative estimate of drug-likeness (QED) is 0.285. The minimum atomic E-state index is -3.51. The van der Waals surface area contributed by atoms with Gasteiger partial charge in [-0.25, -0.2) is 13.4 Å². The van der Waals surface area contributed by atoms with Crippen LogP contribution in [0.15, 0.2) is 63.6 Å².